The van der Waals surface area contributed by atoms with Crippen LogP contribution < -0.4 is 4.74 Å². The Morgan fingerprint density at radius 1 is 0.767 bits per heavy atom. The van der Waals surface area contributed by atoms with Crippen molar-refractivity contribution in [3.05, 3.63) is 54.1 Å². The Morgan fingerprint density at radius 3 is 1.95 bits per heavy atom. The first-order valence-corrected chi connectivity index (χ1v) is 15.9. The molecule has 236 valence electrons. The minimum Gasteiger partial charge on any atom is -0.494 e. The molecule has 0 heterocycles. The van der Waals surface area contributed by atoms with Crippen molar-refractivity contribution in [3.63, 3.8) is 0 Å². The zero-order valence-electron chi connectivity index (χ0n) is 24.6. The smallest absolute Gasteiger partial charge is 0.327 e. The summed E-state index contributed by atoms with van der Waals surface area (Å²) < 4.78 is 59.0. The van der Waals surface area contributed by atoms with Crippen LogP contribution in [-0.4, -0.2) is 76.4 Å². The Labute approximate surface area is 253 Å². The second-order valence-electron chi connectivity index (χ2n) is 9.65. The van der Waals surface area contributed by atoms with Crippen molar-refractivity contribution in [2.75, 3.05) is 46.2 Å². The van der Waals surface area contributed by atoms with Gasteiger partial charge < -0.3 is 23.7 Å². The Morgan fingerprint density at radius 2 is 1.35 bits per heavy atom. The number of esters is 2. The monoisotopic (exact) mass is 619 g/mol. The van der Waals surface area contributed by atoms with Crippen LogP contribution in [-0.2, 0) is 38.7 Å². The van der Waals surface area contributed by atoms with E-state index < -0.39 is 33.7 Å². The fraction of sp³-hybridized carbons (Fsp3) is 0.516. The van der Waals surface area contributed by atoms with E-state index in [1.807, 2.05) is 36.4 Å². The van der Waals surface area contributed by atoms with E-state index in [1.54, 1.807) is 12.1 Å². The SMILES string of the molecule is CCCCOCCOCCOC(=O)CC(C(=O)OCCCCCCOc1ccc(-c2ccc(C#N)cc2)cc1)S(=O)(=O)O. The molecular weight excluding hydrogens is 578 g/mol. The summed E-state index contributed by atoms with van der Waals surface area (Å²) in [5, 5.41) is 6.87. The molecule has 43 heavy (non-hydrogen) atoms. The van der Waals surface area contributed by atoms with E-state index in [0.29, 0.717) is 44.8 Å². The Hall–Kier alpha value is -3.50. The molecule has 0 spiro atoms. The van der Waals surface area contributed by atoms with Gasteiger partial charge in [-0.1, -0.05) is 37.6 Å². The summed E-state index contributed by atoms with van der Waals surface area (Å²) in [5.74, 6) is -1.43. The summed E-state index contributed by atoms with van der Waals surface area (Å²) >= 11 is 0. The van der Waals surface area contributed by atoms with Crippen molar-refractivity contribution >= 4 is 22.1 Å². The van der Waals surface area contributed by atoms with Crippen molar-refractivity contribution in [2.24, 2.45) is 0 Å². The molecular formula is C31H41NO10S. The van der Waals surface area contributed by atoms with Crippen LogP contribution in [0, 0.1) is 11.3 Å². The van der Waals surface area contributed by atoms with Crippen LogP contribution in [0.1, 0.15) is 57.4 Å². The molecule has 0 aliphatic rings. The van der Waals surface area contributed by atoms with Gasteiger partial charge in [0.15, 0.2) is 5.25 Å². The van der Waals surface area contributed by atoms with Crippen molar-refractivity contribution in [2.45, 2.75) is 57.1 Å². The third kappa shape index (κ3) is 15.0. The third-order valence-corrected chi connectivity index (χ3v) is 7.31. The number of unbranched alkanes of at least 4 members (excludes halogenated alkanes) is 4. The van der Waals surface area contributed by atoms with Crippen LogP contribution in [0.2, 0.25) is 0 Å². The van der Waals surface area contributed by atoms with Gasteiger partial charge >= 0.3 is 11.9 Å². The van der Waals surface area contributed by atoms with E-state index in [9.17, 15) is 22.6 Å². The maximum Gasteiger partial charge on any atom is 0.327 e. The average Bonchev–Trinajstić information content (AvgIpc) is 3.00. The van der Waals surface area contributed by atoms with Crippen molar-refractivity contribution in [3.8, 4) is 22.9 Å². The van der Waals surface area contributed by atoms with Crippen molar-refractivity contribution in [1.29, 1.82) is 5.26 Å². The summed E-state index contributed by atoms with van der Waals surface area (Å²) in [6, 6.07) is 17.1. The minimum atomic E-state index is -4.86. The molecule has 0 aromatic heterocycles. The van der Waals surface area contributed by atoms with Gasteiger partial charge in [0.2, 0.25) is 0 Å². The van der Waals surface area contributed by atoms with E-state index in [4.69, 9.17) is 28.9 Å². The van der Waals surface area contributed by atoms with E-state index in [-0.39, 0.29) is 19.8 Å². The fourth-order valence-corrected chi connectivity index (χ4v) is 4.46. The van der Waals surface area contributed by atoms with Gasteiger partial charge in [-0.25, -0.2) is 0 Å². The van der Waals surface area contributed by atoms with Gasteiger partial charge in [0.05, 0.1) is 51.1 Å². The minimum absolute atomic E-state index is 0.0499. The Kier molecular flexibility index (Phi) is 16.9. The quantitative estimate of drug-likeness (QED) is 0.110. The van der Waals surface area contributed by atoms with Crippen molar-refractivity contribution in [1.82, 2.24) is 0 Å². The number of carbonyl (C=O) groups is 2. The number of nitriles is 1. The van der Waals surface area contributed by atoms with Crippen LogP contribution in [0.15, 0.2) is 48.5 Å². The predicted molar refractivity (Wildman–Crippen MR) is 159 cm³/mol. The molecule has 1 atom stereocenters. The first-order valence-electron chi connectivity index (χ1n) is 14.4. The highest BCUT2D eigenvalue weighted by molar-refractivity contribution is 7.87. The zero-order valence-corrected chi connectivity index (χ0v) is 25.4. The summed E-state index contributed by atoms with van der Waals surface area (Å²) in [4.78, 5) is 24.2. The molecule has 0 saturated heterocycles. The lowest BCUT2D eigenvalue weighted by Gasteiger charge is -2.13. The molecule has 2 aromatic carbocycles. The number of carbonyl (C=O) groups excluding carboxylic acids is 2. The summed E-state index contributed by atoms with van der Waals surface area (Å²) in [7, 11) is -4.86. The van der Waals surface area contributed by atoms with Crippen LogP contribution in [0.25, 0.3) is 11.1 Å². The lowest BCUT2D eigenvalue weighted by molar-refractivity contribution is -0.151. The van der Waals surface area contributed by atoms with Crippen LogP contribution >= 0.6 is 0 Å². The number of ether oxygens (including phenoxy) is 5. The molecule has 0 radical (unpaired) electrons. The van der Waals surface area contributed by atoms with Crippen LogP contribution in [0.3, 0.4) is 0 Å². The summed E-state index contributed by atoms with van der Waals surface area (Å²) in [5.41, 5.74) is 2.64. The molecule has 12 heteroatoms. The van der Waals surface area contributed by atoms with Gasteiger partial charge in [0, 0.05) is 6.61 Å². The number of nitrogens with zero attached hydrogens (tertiary/aromatic N) is 1. The van der Waals surface area contributed by atoms with E-state index in [2.05, 4.69) is 13.0 Å². The Balaban J connectivity index is 1.57. The topological polar surface area (TPSA) is 158 Å². The highest BCUT2D eigenvalue weighted by atomic mass is 32.2. The number of hydrogen-bond acceptors (Lipinski definition) is 10. The highest BCUT2D eigenvalue weighted by Gasteiger charge is 2.35. The lowest BCUT2D eigenvalue weighted by atomic mass is 10.0. The first kappa shape index (κ1) is 35.7. The van der Waals surface area contributed by atoms with Gasteiger partial charge in [-0.15, -0.1) is 0 Å². The Bertz CT molecular complexity index is 1240. The fourth-order valence-electron chi connectivity index (χ4n) is 3.80. The molecule has 0 amide bonds. The van der Waals surface area contributed by atoms with Crippen molar-refractivity contribution < 1.29 is 46.2 Å². The standard InChI is InChI=1S/C31H41NO10S/c1-2-3-16-38-19-20-39-21-22-41-30(33)23-29(43(35,36)37)31(34)42-18-7-5-4-6-17-40-28-14-12-27(13-15-28)26-10-8-25(24-32)9-11-26/h8-15,29H,2-7,16-23H2,1H3,(H,35,36,37). The van der Waals surface area contributed by atoms with Crippen LogP contribution in [0.4, 0.5) is 0 Å². The second-order valence-corrected chi connectivity index (χ2v) is 11.2. The van der Waals surface area contributed by atoms with Gasteiger partial charge in [0.25, 0.3) is 10.1 Å². The molecule has 0 bridgehead atoms. The van der Waals surface area contributed by atoms with Gasteiger partial charge in [-0.05, 0) is 67.5 Å². The molecule has 0 fully saturated rings. The van der Waals surface area contributed by atoms with Crippen LogP contribution in [0.5, 0.6) is 5.75 Å². The summed E-state index contributed by atoms with van der Waals surface area (Å²) in [6.45, 7) is 3.85. The van der Waals surface area contributed by atoms with Gasteiger partial charge in [-0.2, -0.15) is 13.7 Å². The third-order valence-electron chi connectivity index (χ3n) is 6.23. The lowest BCUT2D eigenvalue weighted by Crippen LogP contribution is -2.34. The second kappa shape index (κ2) is 20.4. The van der Waals surface area contributed by atoms with Gasteiger partial charge in [-0.3, -0.25) is 14.1 Å². The zero-order chi connectivity index (χ0) is 31.3. The molecule has 1 unspecified atom stereocenters. The van der Waals surface area contributed by atoms with Gasteiger partial charge in [0.1, 0.15) is 12.4 Å². The number of benzene rings is 2. The number of hydrogen-bond donors (Lipinski definition) is 1. The van der Waals surface area contributed by atoms with E-state index in [0.717, 1.165) is 42.6 Å². The van der Waals surface area contributed by atoms with E-state index >= 15 is 0 Å². The molecule has 1 N–H and O–H groups in total. The molecule has 11 nitrogen and oxygen atoms in total. The molecule has 2 rings (SSSR count). The number of rotatable bonds is 22. The largest absolute Gasteiger partial charge is 0.494 e. The molecule has 2 aromatic rings. The maximum atomic E-state index is 12.2. The molecule has 0 aliphatic heterocycles. The molecule has 0 aliphatic carbocycles. The highest BCUT2D eigenvalue weighted by Crippen LogP contribution is 2.23. The predicted octanol–water partition coefficient (Wildman–Crippen LogP) is 4.73. The normalized spacial score (nSPS) is 11.8. The summed E-state index contributed by atoms with van der Waals surface area (Å²) in [6.07, 6.45) is 3.88. The first-order chi connectivity index (χ1) is 20.7. The average molecular weight is 620 g/mol. The molecule has 0 saturated carbocycles. The van der Waals surface area contributed by atoms with E-state index in [1.165, 1.54) is 0 Å². The maximum absolute atomic E-state index is 12.2.